The van der Waals surface area contributed by atoms with Crippen molar-refractivity contribution in [3.63, 3.8) is 0 Å². The molecule has 0 aliphatic carbocycles. The molecule has 0 amide bonds. The molecule has 0 bridgehead atoms. The van der Waals surface area contributed by atoms with Crippen LogP contribution in [0.1, 0.15) is 12.5 Å². The van der Waals surface area contributed by atoms with Crippen molar-refractivity contribution in [1.82, 2.24) is 4.90 Å². The zero-order valence-electron chi connectivity index (χ0n) is 10.9. The van der Waals surface area contributed by atoms with Crippen molar-refractivity contribution in [2.45, 2.75) is 6.92 Å². The lowest BCUT2D eigenvalue weighted by molar-refractivity contribution is -0.118. The van der Waals surface area contributed by atoms with E-state index in [2.05, 4.69) is 0 Å². The summed E-state index contributed by atoms with van der Waals surface area (Å²) in [6.07, 6.45) is 3.17. The van der Waals surface area contributed by atoms with Crippen LogP contribution >= 0.6 is 12.4 Å². The summed E-state index contributed by atoms with van der Waals surface area (Å²) >= 11 is 0. The summed E-state index contributed by atoms with van der Waals surface area (Å²) in [7, 11) is 3.86. The fourth-order valence-electron chi connectivity index (χ4n) is 1.59. The maximum absolute atomic E-state index is 12.9. The van der Waals surface area contributed by atoms with Gasteiger partial charge >= 0.3 is 0 Å². The van der Waals surface area contributed by atoms with Crippen LogP contribution in [-0.2, 0) is 4.79 Å². The Morgan fingerprint density at radius 3 is 2.67 bits per heavy atom. The van der Waals surface area contributed by atoms with Crippen LogP contribution in [0.25, 0.3) is 6.08 Å². The molecule has 0 saturated heterocycles. The molecule has 0 N–H and O–H groups in total. The molecule has 1 aromatic carbocycles. The van der Waals surface area contributed by atoms with Crippen LogP contribution in [0.4, 0.5) is 4.39 Å². The largest absolute Gasteiger partial charge is 0.309 e. The molecule has 0 spiro atoms. The van der Waals surface area contributed by atoms with Crippen molar-refractivity contribution in [3.05, 3.63) is 41.7 Å². The minimum atomic E-state index is -0.291. The number of halogens is 2. The number of ketones is 1. The highest BCUT2D eigenvalue weighted by Crippen LogP contribution is 2.07. The first-order valence-electron chi connectivity index (χ1n) is 5.61. The maximum atomic E-state index is 12.9. The molecule has 1 aromatic rings. The predicted octanol–water partition coefficient (Wildman–Crippen LogP) is 3.03. The third kappa shape index (κ3) is 5.94. The van der Waals surface area contributed by atoms with Crippen molar-refractivity contribution in [3.8, 4) is 0 Å². The van der Waals surface area contributed by atoms with E-state index in [1.54, 1.807) is 18.2 Å². The van der Waals surface area contributed by atoms with Gasteiger partial charge in [0, 0.05) is 12.5 Å². The van der Waals surface area contributed by atoms with Gasteiger partial charge in [0.2, 0.25) is 0 Å². The fraction of sp³-hybridized carbons (Fsp3) is 0.357. The Balaban J connectivity index is 0.00000289. The molecule has 0 heterocycles. The van der Waals surface area contributed by atoms with Gasteiger partial charge in [-0.1, -0.05) is 25.1 Å². The SMILES string of the molecule is CC(CN(C)C)C(=O)/C=C/c1cccc(F)c1.Cl. The molecule has 1 atom stereocenters. The molecular formula is C14H19ClFNO. The van der Waals surface area contributed by atoms with Crippen LogP contribution in [0, 0.1) is 11.7 Å². The molecule has 0 aliphatic heterocycles. The van der Waals surface area contributed by atoms with Gasteiger partial charge in [0.15, 0.2) is 5.78 Å². The van der Waals surface area contributed by atoms with Gasteiger partial charge in [0.1, 0.15) is 5.82 Å². The highest BCUT2D eigenvalue weighted by molar-refractivity contribution is 5.95. The topological polar surface area (TPSA) is 20.3 Å². The number of carbonyl (C=O) groups is 1. The normalized spacial score (nSPS) is 12.5. The molecule has 2 nitrogen and oxygen atoms in total. The van der Waals surface area contributed by atoms with Gasteiger partial charge in [0.05, 0.1) is 0 Å². The van der Waals surface area contributed by atoms with E-state index in [1.165, 1.54) is 18.2 Å². The Morgan fingerprint density at radius 2 is 2.11 bits per heavy atom. The van der Waals surface area contributed by atoms with Gasteiger partial charge < -0.3 is 4.90 Å². The van der Waals surface area contributed by atoms with Gasteiger partial charge in [-0.05, 0) is 37.9 Å². The number of rotatable bonds is 5. The lowest BCUT2D eigenvalue weighted by Gasteiger charge is -2.13. The Hall–Kier alpha value is -1.19. The summed E-state index contributed by atoms with van der Waals surface area (Å²) < 4.78 is 12.9. The van der Waals surface area contributed by atoms with Crippen LogP contribution in [0.5, 0.6) is 0 Å². The van der Waals surface area contributed by atoms with Crippen molar-refractivity contribution in [2.24, 2.45) is 5.92 Å². The zero-order valence-corrected chi connectivity index (χ0v) is 11.7. The maximum Gasteiger partial charge on any atom is 0.159 e. The minimum absolute atomic E-state index is 0. The smallest absolute Gasteiger partial charge is 0.159 e. The molecule has 4 heteroatoms. The molecule has 0 fully saturated rings. The van der Waals surface area contributed by atoms with Crippen LogP contribution < -0.4 is 0 Å². The van der Waals surface area contributed by atoms with Gasteiger partial charge in [-0.15, -0.1) is 12.4 Å². The van der Waals surface area contributed by atoms with Crippen LogP contribution in [-0.4, -0.2) is 31.3 Å². The zero-order chi connectivity index (χ0) is 12.8. The summed E-state index contributed by atoms with van der Waals surface area (Å²) in [4.78, 5) is 13.7. The molecule has 1 unspecified atom stereocenters. The molecule has 18 heavy (non-hydrogen) atoms. The first kappa shape index (κ1) is 16.8. The minimum Gasteiger partial charge on any atom is -0.309 e. The highest BCUT2D eigenvalue weighted by Gasteiger charge is 2.10. The van der Waals surface area contributed by atoms with Crippen LogP contribution in [0.2, 0.25) is 0 Å². The molecule has 0 aliphatic rings. The molecule has 0 radical (unpaired) electrons. The second-order valence-corrected chi connectivity index (χ2v) is 4.45. The molecule has 1 rings (SSSR count). The fourth-order valence-corrected chi connectivity index (χ4v) is 1.59. The quantitative estimate of drug-likeness (QED) is 0.768. The van der Waals surface area contributed by atoms with E-state index in [9.17, 15) is 9.18 Å². The summed E-state index contributed by atoms with van der Waals surface area (Å²) in [6.45, 7) is 2.60. The number of allylic oxidation sites excluding steroid dienone is 1. The second kappa shape index (κ2) is 8.01. The second-order valence-electron chi connectivity index (χ2n) is 4.45. The Kier molecular flexibility index (Phi) is 7.48. The predicted molar refractivity (Wildman–Crippen MR) is 75.4 cm³/mol. The lowest BCUT2D eigenvalue weighted by Crippen LogP contribution is -2.24. The van der Waals surface area contributed by atoms with Gasteiger partial charge in [-0.2, -0.15) is 0 Å². The number of benzene rings is 1. The molecular weight excluding hydrogens is 253 g/mol. The average molecular weight is 272 g/mol. The first-order chi connectivity index (χ1) is 7.99. The van der Waals surface area contributed by atoms with Crippen molar-refractivity contribution in [1.29, 1.82) is 0 Å². The van der Waals surface area contributed by atoms with Crippen molar-refractivity contribution in [2.75, 3.05) is 20.6 Å². The van der Waals surface area contributed by atoms with E-state index in [0.29, 0.717) is 12.1 Å². The summed E-state index contributed by atoms with van der Waals surface area (Å²) in [6, 6.07) is 6.18. The van der Waals surface area contributed by atoms with Crippen LogP contribution in [0.15, 0.2) is 30.3 Å². The third-order valence-electron chi connectivity index (χ3n) is 2.41. The van der Waals surface area contributed by atoms with E-state index in [-0.39, 0.29) is 29.9 Å². The summed E-state index contributed by atoms with van der Waals surface area (Å²) in [5.41, 5.74) is 0.704. The molecule has 0 aromatic heterocycles. The van der Waals surface area contributed by atoms with Gasteiger partial charge in [-0.3, -0.25) is 4.79 Å². The number of hydrogen-bond acceptors (Lipinski definition) is 2. The Morgan fingerprint density at radius 1 is 1.44 bits per heavy atom. The Bertz CT molecular complexity index is 418. The first-order valence-corrected chi connectivity index (χ1v) is 5.61. The summed E-state index contributed by atoms with van der Waals surface area (Å²) in [5, 5.41) is 0. The molecule has 100 valence electrons. The van der Waals surface area contributed by atoms with E-state index in [1.807, 2.05) is 25.9 Å². The van der Waals surface area contributed by atoms with Crippen molar-refractivity contribution >= 4 is 24.3 Å². The van der Waals surface area contributed by atoms with Gasteiger partial charge in [0.25, 0.3) is 0 Å². The highest BCUT2D eigenvalue weighted by atomic mass is 35.5. The standard InChI is InChI=1S/C14H18FNO.ClH/c1-11(10-16(2)3)14(17)8-7-12-5-4-6-13(15)9-12;/h4-9,11H,10H2,1-3H3;1H/b8-7+;. The van der Waals surface area contributed by atoms with E-state index >= 15 is 0 Å². The number of nitrogens with zero attached hydrogens (tertiary/aromatic N) is 1. The van der Waals surface area contributed by atoms with E-state index in [0.717, 1.165) is 0 Å². The Labute approximate surface area is 114 Å². The van der Waals surface area contributed by atoms with E-state index in [4.69, 9.17) is 0 Å². The number of hydrogen-bond donors (Lipinski definition) is 0. The van der Waals surface area contributed by atoms with Gasteiger partial charge in [-0.25, -0.2) is 4.39 Å². The lowest BCUT2D eigenvalue weighted by atomic mass is 10.0. The van der Waals surface area contributed by atoms with Crippen LogP contribution in [0.3, 0.4) is 0 Å². The van der Waals surface area contributed by atoms with E-state index < -0.39 is 0 Å². The number of carbonyl (C=O) groups excluding carboxylic acids is 1. The third-order valence-corrected chi connectivity index (χ3v) is 2.41. The summed E-state index contributed by atoms with van der Waals surface area (Å²) in [5.74, 6) is -0.279. The van der Waals surface area contributed by atoms with Crippen molar-refractivity contribution < 1.29 is 9.18 Å². The monoisotopic (exact) mass is 271 g/mol. The molecule has 0 saturated carbocycles. The average Bonchev–Trinajstić information content (AvgIpc) is 2.25.